The van der Waals surface area contributed by atoms with Crippen molar-refractivity contribution in [3.63, 3.8) is 0 Å². The van der Waals surface area contributed by atoms with Gasteiger partial charge in [-0.2, -0.15) is 0 Å². The lowest BCUT2D eigenvalue weighted by Crippen LogP contribution is -2.35. The topological polar surface area (TPSA) is 143 Å². The number of methoxy groups -OCH3 is 2. The van der Waals surface area contributed by atoms with Gasteiger partial charge in [0.2, 0.25) is 0 Å². The standard InChI is InChI=1S/C19H21N3O7/c1-11(29-19(24)14-9-13(22(25)26)5-6-15(14)20)18(23)21-10-12-4-7-16(27-2)17(8-12)28-3/h4-9,11H,10,20H2,1-3H3,(H,21,23)/t11-/m0/s1. The molecular weight excluding hydrogens is 382 g/mol. The van der Waals surface area contributed by atoms with E-state index in [-0.39, 0.29) is 23.5 Å². The lowest BCUT2D eigenvalue weighted by molar-refractivity contribution is -0.384. The van der Waals surface area contributed by atoms with Crippen LogP contribution in [-0.2, 0) is 16.1 Å². The molecule has 154 valence electrons. The van der Waals surface area contributed by atoms with E-state index < -0.39 is 22.9 Å². The number of rotatable bonds is 8. The average Bonchev–Trinajstić information content (AvgIpc) is 2.71. The van der Waals surface area contributed by atoms with Crippen molar-refractivity contribution in [2.45, 2.75) is 19.6 Å². The molecule has 0 bridgehead atoms. The fourth-order valence-electron chi connectivity index (χ4n) is 2.44. The number of esters is 1. The first kappa shape index (κ1) is 21.5. The number of nitrogens with zero attached hydrogens (tertiary/aromatic N) is 1. The highest BCUT2D eigenvalue weighted by molar-refractivity contribution is 5.97. The van der Waals surface area contributed by atoms with Crippen LogP contribution in [0.1, 0.15) is 22.8 Å². The number of nitro benzene ring substituents is 1. The number of nitro groups is 1. The summed E-state index contributed by atoms with van der Waals surface area (Å²) in [5, 5.41) is 13.5. The van der Waals surface area contributed by atoms with Crippen LogP contribution in [-0.4, -0.2) is 37.1 Å². The molecule has 2 aromatic rings. The fourth-order valence-corrected chi connectivity index (χ4v) is 2.44. The minimum atomic E-state index is -1.14. The van der Waals surface area contributed by atoms with Crippen molar-refractivity contribution in [3.8, 4) is 11.5 Å². The number of ether oxygens (including phenoxy) is 3. The van der Waals surface area contributed by atoms with E-state index in [1.165, 1.54) is 33.3 Å². The predicted octanol–water partition coefficient (Wildman–Crippen LogP) is 2.06. The number of carbonyl (C=O) groups excluding carboxylic acids is 2. The number of amides is 1. The molecule has 0 aliphatic rings. The first-order chi connectivity index (χ1) is 13.8. The fraction of sp³-hybridized carbons (Fsp3) is 0.263. The van der Waals surface area contributed by atoms with E-state index in [2.05, 4.69) is 5.32 Å². The van der Waals surface area contributed by atoms with Gasteiger partial charge >= 0.3 is 5.97 Å². The summed E-state index contributed by atoms with van der Waals surface area (Å²) >= 11 is 0. The Labute approximate surface area is 166 Å². The highest BCUT2D eigenvalue weighted by atomic mass is 16.6. The van der Waals surface area contributed by atoms with Crippen LogP contribution < -0.4 is 20.5 Å². The van der Waals surface area contributed by atoms with Crippen LogP contribution in [0, 0.1) is 10.1 Å². The van der Waals surface area contributed by atoms with Gasteiger partial charge in [-0.15, -0.1) is 0 Å². The van der Waals surface area contributed by atoms with Crippen LogP contribution >= 0.6 is 0 Å². The van der Waals surface area contributed by atoms with Crippen molar-refractivity contribution in [1.29, 1.82) is 0 Å². The maximum atomic E-state index is 12.2. The Morgan fingerprint density at radius 2 is 1.83 bits per heavy atom. The maximum Gasteiger partial charge on any atom is 0.341 e. The first-order valence-corrected chi connectivity index (χ1v) is 8.50. The number of hydrogen-bond acceptors (Lipinski definition) is 8. The van der Waals surface area contributed by atoms with Crippen LogP contribution in [0.5, 0.6) is 11.5 Å². The van der Waals surface area contributed by atoms with Gasteiger partial charge in [0.25, 0.3) is 11.6 Å². The van der Waals surface area contributed by atoms with Crippen LogP contribution in [0.4, 0.5) is 11.4 Å². The van der Waals surface area contributed by atoms with E-state index in [0.717, 1.165) is 11.6 Å². The van der Waals surface area contributed by atoms with Crippen molar-refractivity contribution in [2.24, 2.45) is 0 Å². The third kappa shape index (κ3) is 5.34. The van der Waals surface area contributed by atoms with Gasteiger partial charge in [-0.25, -0.2) is 4.79 Å². The second-order valence-electron chi connectivity index (χ2n) is 5.98. The third-order valence-corrected chi connectivity index (χ3v) is 4.04. The molecule has 2 rings (SSSR count). The minimum absolute atomic E-state index is 0.0125. The number of hydrogen-bond donors (Lipinski definition) is 2. The largest absolute Gasteiger partial charge is 0.493 e. The van der Waals surface area contributed by atoms with Gasteiger partial charge in [0, 0.05) is 24.4 Å². The van der Waals surface area contributed by atoms with Crippen molar-refractivity contribution < 1.29 is 28.7 Å². The Hall–Kier alpha value is -3.82. The van der Waals surface area contributed by atoms with E-state index in [1.807, 2.05) is 0 Å². The molecule has 0 aliphatic carbocycles. The zero-order valence-corrected chi connectivity index (χ0v) is 16.1. The lowest BCUT2D eigenvalue weighted by atomic mass is 10.1. The van der Waals surface area contributed by atoms with Gasteiger partial charge in [0.05, 0.1) is 24.7 Å². The van der Waals surface area contributed by atoms with Gasteiger partial charge in [-0.3, -0.25) is 14.9 Å². The molecule has 1 amide bonds. The quantitative estimate of drug-likeness (QED) is 0.295. The number of nitrogen functional groups attached to an aromatic ring is 1. The number of nitrogens with one attached hydrogen (secondary N) is 1. The predicted molar refractivity (Wildman–Crippen MR) is 104 cm³/mol. The number of benzene rings is 2. The molecule has 1 atom stereocenters. The molecule has 0 aromatic heterocycles. The van der Waals surface area contributed by atoms with Crippen LogP contribution in [0.25, 0.3) is 0 Å². The number of carbonyl (C=O) groups is 2. The second-order valence-corrected chi connectivity index (χ2v) is 5.98. The van der Waals surface area contributed by atoms with Crippen molar-refractivity contribution in [2.75, 3.05) is 20.0 Å². The van der Waals surface area contributed by atoms with E-state index >= 15 is 0 Å². The van der Waals surface area contributed by atoms with E-state index in [0.29, 0.717) is 11.5 Å². The van der Waals surface area contributed by atoms with Crippen LogP contribution in [0.3, 0.4) is 0 Å². The van der Waals surface area contributed by atoms with Crippen molar-refractivity contribution in [1.82, 2.24) is 5.32 Å². The summed E-state index contributed by atoms with van der Waals surface area (Å²) in [6, 6.07) is 8.57. The Morgan fingerprint density at radius 1 is 1.14 bits per heavy atom. The minimum Gasteiger partial charge on any atom is -0.493 e. The zero-order chi connectivity index (χ0) is 21.6. The molecule has 0 aliphatic heterocycles. The molecule has 0 fully saturated rings. The van der Waals surface area contributed by atoms with E-state index in [9.17, 15) is 19.7 Å². The normalized spacial score (nSPS) is 11.3. The van der Waals surface area contributed by atoms with Gasteiger partial charge in [0.15, 0.2) is 17.6 Å². The van der Waals surface area contributed by atoms with Crippen LogP contribution in [0.2, 0.25) is 0 Å². The molecule has 0 heterocycles. The molecular formula is C19H21N3O7. The second kappa shape index (κ2) is 9.40. The Balaban J connectivity index is 2.00. The summed E-state index contributed by atoms with van der Waals surface area (Å²) in [6.45, 7) is 1.55. The van der Waals surface area contributed by atoms with Crippen LogP contribution in [0.15, 0.2) is 36.4 Å². The molecule has 0 radical (unpaired) electrons. The number of non-ortho nitro benzene ring substituents is 1. The summed E-state index contributed by atoms with van der Waals surface area (Å²) in [4.78, 5) is 34.7. The highest BCUT2D eigenvalue weighted by Gasteiger charge is 2.22. The summed E-state index contributed by atoms with van der Waals surface area (Å²) in [7, 11) is 3.02. The highest BCUT2D eigenvalue weighted by Crippen LogP contribution is 2.27. The van der Waals surface area contributed by atoms with Gasteiger partial charge in [-0.05, 0) is 30.7 Å². The Kier molecular flexibility index (Phi) is 6.96. The monoisotopic (exact) mass is 403 g/mol. The number of nitrogens with two attached hydrogens (primary N) is 1. The third-order valence-electron chi connectivity index (χ3n) is 4.04. The number of anilines is 1. The maximum absolute atomic E-state index is 12.2. The first-order valence-electron chi connectivity index (χ1n) is 8.50. The van der Waals surface area contributed by atoms with Gasteiger partial charge < -0.3 is 25.3 Å². The molecule has 0 saturated carbocycles. The summed E-state index contributed by atoms with van der Waals surface area (Å²) < 4.78 is 15.4. The lowest BCUT2D eigenvalue weighted by Gasteiger charge is -2.15. The van der Waals surface area contributed by atoms with Gasteiger partial charge in [-0.1, -0.05) is 6.07 Å². The summed E-state index contributed by atoms with van der Waals surface area (Å²) in [5.41, 5.74) is 5.95. The molecule has 10 nitrogen and oxygen atoms in total. The smallest absolute Gasteiger partial charge is 0.341 e. The Bertz CT molecular complexity index is 930. The molecule has 29 heavy (non-hydrogen) atoms. The summed E-state index contributed by atoms with van der Waals surface area (Å²) in [6.07, 6.45) is -1.14. The van der Waals surface area contributed by atoms with Crippen molar-refractivity contribution >= 4 is 23.3 Å². The molecule has 10 heteroatoms. The van der Waals surface area contributed by atoms with E-state index in [1.54, 1.807) is 18.2 Å². The average molecular weight is 403 g/mol. The molecule has 0 unspecified atom stereocenters. The SMILES string of the molecule is COc1ccc(CNC(=O)[C@H](C)OC(=O)c2cc([N+](=O)[O-])ccc2N)cc1OC. The molecule has 2 aromatic carbocycles. The van der Waals surface area contributed by atoms with Crippen molar-refractivity contribution in [3.05, 3.63) is 57.6 Å². The Morgan fingerprint density at radius 3 is 2.45 bits per heavy atom. The molecule has 3 N–H and O–H groups in total. The zero-order valence-electron chi connectivity index (χ0n) is 16.1. The van der Waals surface area contributed by atoms with E-state index in [4.69, 9.17) is 19.9 Å². The molecule has 0 saturated heterocycles. The summed E-state index contributed by atoms with van der Waals surface area (Å²) in [5.74, 6) is -0.406. The molecule has 0 spiro atoms. The van der Waals surface area contributed by atoms with Gasteiger partial charge in [0.1, 0.15) is 0 Å².